The quantitative estimate of drug-likeness (QED) is 0.214. The zero-order valence-corrected chi connectivity index (χ0v) is 21.2. The van der Waals surface area contributed by atoms with Crippen LogP contribution in [0.1, 0.15) is 11.1 Å². The lowest BCUT2D eigenvalue weighted by molar-refractivity contribution is -0.961. The lowest BCUT2D eigenvalue weighted by Gasteiger charge is -2.40. The molecule has 3 aliphatic heterocycles. The van der Waals surface area contributed by atoms with Crippen molar-refractivity contribution < 1.29 is 13.9 Å². The molecule has 0 bridgehead atoms. The molecule has 1 spiro atoms. The summed E-state index contributed by atoms with van der Waals surface area (Å²) >= 11 is 0. The zero-order chi connectivity index (χ0) is 25.7. The predicted molar refractivity (Wildman–Crippen MR) is 154 cm³/mol. The molecule has 5 heteroatoms. The molecule has 1 atom stereocenters. The number of fused-ring (bicyclic) bond motifs is 9. The number of nitrogens with zero attached hydrogens (tertiary/aromatic N) is 4. The summed E-state index contributed by atoms with van der Waals surface area (Å²) in [4.78, 5) is 0. The molecule has 0 saturated carbocycles. The number of benzene rings is 4. The van der Waals surface area contributed by atoms with E-state index in [1.165, 1.54) is 49.3 Å². The summed E-state index contributed by atoms with van der Waals surface area (Å²) in [6, 6.07) is 39.4. The van der Waals surface area contributed by atoms with Crippen LogP contribution in [0.4, 0.5) is 0 Å². The number of hydrogen-bond donors (Lipinski definition) is 0. The average molecular weight is 513 g/mol. The summed E-state index contributed by atoms with van der Waals surface area (Å²) in [5.41, 5.74) is 7.62. The molecule has 11 rings (SSSR count). The zero-order valence-electron chi connectivity index (χ0n) is 21.2. The van der Waals surface area contributed by atoms with E-state index in [9.17, 15) is 0 Å². The van der Waals surface area contributed by atoms with Gasteiger partial charge in [-0.25, -0.2) is 0 Å². The number of aromatic nitrogens is 4. The fraction of sp³-hybridized carbons (Fsp3) is 0.0286. The minimum absolute atomic E-state index is 0.677. The maximum atomic E-state index is 6.84. The molecule has 0 radical (unpaired) electrons. The van der Waals surface area contributed by atoms with Crippen molar-refractivity contribution >= 4 is 43.7 Å². The summed E-state index contributed by atoms with van der Waals surface area (Å²) in [7, 11) is 0. The molecule has 0 fully saturated rings. The summed E-state index contributed by atoms with van der Waals surface area (Å²) in [5.74, 6) is 2.93. The Kier molecular flexibility index (Phi) is 3.06. The van der Waals surface area contributed by atoms with E-state index in [4.69, 9.17) is 4.74 Å². The Hall–Kier alpha value is -5.42. The normalized spacial score (nSPS) is 17.3. The Morgan fingerprint density at radius 3 is 2.15 bits per heavy atom. The standard InChI is InChI=1S/C35H20N4O/c1-4-13-26-21(9-1)23-17-18-29-32-33(23)39(26)30-16-5-6-19-36(30)35(32)31-27(14-7-15-28(31)40-29)38-25-12-3-2-10-22(25)24-11-8-20-37(35)34(24)38/h1-20H/q+2. The van der Waals surface area contributed by atoms with Gasteiger partial charge < -0.3 is 4.74 Å². The Morgan fingerprint density at radius 2 is 1.25 bits per heavy atom. The smallest absolute Gasteiger partial charge is 0.321 e. The first-order valence-electron chi connectivity index (χ1n) is 13.7. The molecule has 5 nitrogen and oxygen atoms in total. The van der Waals surface area contributed by atoms with Gasteiger partial charge >= 0.3 is 5.66 Å². The van der Waals surface area contributed by atoms with Gasteiger partial charge in [-0.05, 0) is 66.7 Å². The van der Waals surface area contributed by atoms with E-state index in [1.807, 2.05) is 0 Å². The fourth-order valence-corrected chi connectivity index (χ4v) is 8.03. The molecule has 7 heterocycles. The molecule has 40 heavy (non-hydrogen) atoms. The maximum Gasteiger partial charge on any atom is 0.321 e. The third kappa shape index (κ3) is 1.85. The Morgan fingerprint density at radius 1 is 0.525 bits per heavy atom. The summed E-state index contributed by atoms with van der Waals surface area (Å²) < 4.78 is 16.7. The molecule has 0 N–H and O–H groups in total. The lowest BCUT2D eigenvalue weighted by Crippen LogP contribution is -2.78. The number of ether oxygens (including phenoxy) is 1. The van der Waals surface area contributed by atoms with Crippen LogP contribution >= 0.6 is 0 Å². The van der Waals surface area contributed by atoms with E-state index in [2.05, 4.69) is 140 Å². The number of para-hydroxylation sites is 2. The minimum Gasteiger partial charge on any atom is -0.456 e. The SMILES string of the molecule is c1cc2c3c(c1)-n1c4ccccc4c4ccc[n+](c41)C31c3c(ccc4c5ccccc5n(c34)-c3cccc[n+]31)O2. The van der Waals surface area contributed by atoms with E-state index >= 15 is 0 Å². The van der Waals surface area contributed by atoms with Crippen molar-refractivity contribution in [1.82, 2.24) is 9.13 Å². The Bertz CT molecular complexity index is 2480. The van der Waals surface area contributed by atoms with Gasteiger partial charge in [0.2, 0.25) is 0 Å². The van der Waals surface area contributed by atoms with Crippen LogP contribution < -0.4 is 13.9 Å². The van der Waals surface area contributed by atoms with Gasteiger partial charge in [0.05, 0.1) is 17.8 Å². The molecule has 0 amide bonds. The first-order chi connectivity index (χ1) is 19.9. The third-order valence-electron chi connectivity index (χ3n) is 9.34. The number of pyridine rings is 2. The molecular formula is C35H20N4O+2. The molecule has 8 aromatic rings. The topological polar surface area (TPSA) is 26.8 Å². The fourth-order valence-electron chi connectivity index (χ4n) is 8.03. The summed E-state index contributed by atoms with van der Waals surface area (Å²) in [5, 5.41) is 4.99. The van der Waals surface area contributed by atoms with Crippen molar-refractivity contribution in [2.24, 2.45) is 0 Å². The van der Waals surface area contributed by atoms with E-state index in [-0.39, 0.29) is 0 Å². The summed E-state index contributed by atoms with van der Waals surface area (Å²) in [6.45, 7) is 0. The molecule has 184 valence electrons. The number of hydrogen-bond acceptors (Lipinski definition) is 1. The van der Waals surface area contributed by atoms with Crippen molar-refractivity contribution in [3.63, 3.8) is 0 Å². The van der Waals surface area contributed by atoms with Gasteiger partial charge in [0.1, 0.15) is 39.3 Å². The van der Waals surface area contributed by atoms with E-state index in [0.717, 1.165) is 28.6 Å². The second-order valence-corrected chi connectivity index (χ2v) is 11.0. The highest BCUT2D eigenvalue weighted by Crippen LogP contribution is 2.55. The van der Waals surface area contributed by atoms with Crippen molar-refractivity contribution in [3.05, 3.63) is 133 Å². The van der Waals surface area contributed by atoms with Gasteiger partial charge in [-0.2, -0.15) is 18.3 Å². The van der Waals surface area contributed by atoms with Crippen molar-refractivity contribution in [3.8, 4) is 23.0 Å². The van der Waals surface area contributed by atoms with Crippen LogP contribution in [0.15, 0.2) is 122 Å². The maximum absolute atomic E-state index is 6.84. The minimum atomic E-state index is -0.677. The molecule has 4 aromatic carbocycles. The summed E-state index contributed by atoms with van der Waals surface area (Å²) in [6.07, 6.45) is 4.50. The van der Waals surface area contributed by atoms with E-state index in [1.54, 1.807) is 0 Å². The van der Waals surface area contributed by atoms with Crippen LogP contribution in [-0.4, -0.2) is 9.13 Å². The van der Waals surface area contributed by atoms with Crippen molar-refractivity contribution in [1.29, 1.82) is 0 Å². The lowest BCUT2D eigenvalue weighted by atomic mass is 9.82. The molecule has 3 aliphatic rings. The highest BCUT2D eigenvalue weighted by atomic mass is 16.5. The molecular weight excluding hydrogens is 492 g/mol. The van der Waals surface area contributed by atoms with Gasteiger partial charge in [0, 0.05) is 22.2 Å². The monoisotopic (exact) mass is 512 g/mol. The van der Waals surface area contributed by atoms with Crippen molar-refractivity contribution in [2.75, 3.05) is 0 Å². The van der Waals surface area contributed by atoms with Gasteiger partial charge in [-0.3, -0.25) is 0 Å². The first kappa shape index (κ1) is 19.6. The Balaban J connectivity index is 1.50. The second-order valence-electron chi connectivity index (χ2n) is 11.0. The Labute approximate surface area is 227 Å². The molecule has 1 unspecified atom stereocenters. The van der Waals surface area contributed by atoms with Crippen LogP contribution in [0.5, 0.6) is 11.5 Å². The van der Waals surface area contributed by atoms with Gasteiger partial charge in [-0.15, -0.1) is 0 Å². The average Bonchev–Trinajstić information content (AvgIpc) is 3.53. The predicted octanol–water partition coefficient (Wildman–Crippen LogP) is 6.49. The van der Waals surface area contributed by atoms with Crippen LogP contribution in [-0.2, 0) is 5.66 Å². The van der Waals surface area contributed by atoms with Crippen LogP contribution in [0.3, 0.4) is 0 Å². The second kappa shape index (κ2) is 6.24. The van der Waals surface area contributed by atoms with Crippen LogP contribution in [0.25, 0.3) is 55.2 Å². The van der Waals surface area contributed by atoms with Crippen LogP contribution in [0.2, 0.25) is 0 Å². The van der Waals surface area contributed by atoms with Gasteiger partial charge in [0.25, 0.3) is 11.5 Å². The van der Waals surface area contributed by atoms with E-state index < -0.39 is 5.66 Å². The highest BCUT2D eigenvalue weighted by molar-refractivity contribution is 6.12. The first-order valence-corrected chi connectivity index (χ1v) is 13.7. The highest BCUT2D eigenvalue weighted by Gasteiger charge is 2.64. The van der Waals surface area contributed by atoms with Crippen molar-refractivity contribution in [2.45, 2.75) is 5.66 Å². The number of rotatable bonds is 0. The largest absolute Gasteiger partial charge is 0.456 e. The van der Waals surface area contributed by atoms with Gasteiger partial charge in [-0.1, -0.05) is 36.4 Å². The van der Waals surface area contributed by atoms with Crippen LogP contribution in [0, 0.1) is 0 Å². The van der Waals surface area contributed by atoms with E-state index in [0.29, 0.717) is 0 Å². The van der Waals surface area contributed by atoms with Gasteiger partial charge in [0.15, 0.2) is 5.52 Å². The molecule has 0 aliphatic carbocycles. The third-order valence-corrected chi connectivity index (χ3v) is 9.34. The molecule has 0 saturated heterocycles. The molecule has 4 aromatic heterocycles.